The molecule has 1 N–H and O–H groups in total. The van der Waals surface area contributed by atoms with Crippen LogP contribution in [0.25, 0.3) is 5.65 Å². The summed E-state index contributed by atoms with van der Waals surface area (Å²) in [5, 5.41) is 7.67. The standard InChI is InChI=1S/C22H26N8O2/c1-2-20(31)29-7-3-4-16(13-29)18-14-30-22(24-15-25-30)21(27-18)26-17-5-6-19(23-12-17)28-8-10-32-11-9-28/h2,5-6,12,14-16H,1,3-4,7-11,13H2,(H,26,27). The van der Waals surface area contributed by atoms with E-state index in [-0.39, 0.29) is 11.8 Å². The Morgan fingerprint density at radius 2 is 2.09 bits per heavy atom. The highest BCUT2D eigenvalue weighted by Crippen LogP contribution is 2.28. The third-order valence-corrected chi connectivity index (χ3v) is 5.95. The van der Waals surface area contributed by atoms with Crippen LogP contribution in [-0.2, 0) is 9.53 Å². The number of carbonyl (C=O) groups is 1. The van der Waals surface area contributed by atoms with Crippen LogP contribution in [0, 0.1) is 0 Å². The molecule has 166 valence electrons. The van der Waals surface area contributed by atoms with Gasteiger partial charge in [0.1, 0.15) is 12.1 Å². The van der Waals surface area contributed by atoms with Gasteiger partial charge in [-0.1, -0.05) is 6.58 Å². The summed E-state index contributed by atoms with van der Waals surface area (Å²) in [6.45, 7) is 8.11. The van der Waals surface area contributed by atoms with Crippen LogP contribution in [0.1, 0.15) is 24.5 Å². The molecule has 1 atom stereocenters. The number of pyridine rings is 1. The second-order valence-electron chi connectivity index (χ2n) is 8.00. The van der Waals surface area contributed by atoms with Crippen molar-refractivity contribution in [1.82, 2.24) is 29.5 Å². The van der Waals surface area contributed by atoms with Crippen molar-refractivity contribution in [2.45, 2.75) is 18.8 Å². The Balaban J connectivity index is 1.38. The summed E-state index contributed by atoms with van der Waals surface area (Å²) < 4.78 is 7.14. The van der Waals surface area contributed by atoms with Gasteiger partial charge in [-0.05, 0) is 31.1 Å². The van der Waals surface area contributed by atoms with Gasteiger partial charge in [-0.2, -0.15) is 5.10 Å². The van der Waals surface area contributed by atoms with Crippen LogP contribution in [0.4, 0.5) is 17.3 Å². The molecule has 32 heavy (non-hydrogen) atoms. The molecule has 0 aromatic carbocycles. The Labute approximate surface area is 185 Å². The lowest BCUT2D eigenvalue weighted by atomic mass is 9.95. The fourth-order valence-corrected chi connectivity index (χ4v) is 4.25. The number of anilines is 3. The fraction of sp³-hybridized carbons (Fsp3) is 0.409. The lowest BCUT2D eigenvalue weighted by molar-refractivity contribution is -0.127. The number of morpholine rings is 1. The Bertz CT molecular complexity index is 1110. The molecule has 10 nitrogen and oxygen atoms in total. The molecule has 2 fully saturated rings. The molecule has 5 heterocycles. The number of fused-ring (bicyclic) bond motifs is 1. The molecule has 5 rings (SSSR count). The summed E-state index contributed by atoms with van der Waals surface area (Å²) in [4.78, 5) is 30.0. The summed E-state index contributed by atoms with van der Waals surface area (Å²) >= 11 is 0. The topological polar surface area (TPSA) is 101 Å². The van der Waals surface area contributed by atoms with E-state index in [1.54, 1.807) is 10.7 Å². The smallest absolute Gasteiger partial charge is 0.245 e. The van der Waals surface area contributed by atoms with E-state index in [0.717, 1.165) is 62.9 Å². The van der Waals surface area contributed by atoms with Crippen LogP contribution in [0.15, 0.2) is 43.5 Å². The molecule has 0 spiro atoms. The zero-order chi connectivity index (χ0) is 21.9. The van der Waals surface area contributed by atoms with Crippen LogP contribution >= 0.6 is 0 Å². The highest BCUT2D eigenvalue weighted by Gasteiger charge is 2.26. The number of nitrogens with one attached hydrogen (secondary N) is 1. The minimum atomic E-state index is -0.0404. The second-order valence-corrected chi connectivity index (χ2v) is 8.00. The maximum atomic E-state index is 12.1. The first-order valence-corrected chi connectivity index (χ1v) is 10.9. The van der Waals surface area contributed by atoms with Gasteiger partial charge in [-0.15, -0.1) is 0 Å². The van der Waals surface area contributed by atoms with E-state index in [4.69, 9.17) is 9.72 Å². The highest BCUT2D eigenvalue weighted by atomic mass is 16.5. The molecule has 0 aliphatic carbocycles. The predicted molar refractivity (Wildman–Crippen MR) is 120 cm³/mol. The molecule has 2 saturated heterocycles. The van der Waals surface area contributed by atoms with Crippen molar-refractivity contribution in [2.24, 2.45) is 0 Å². The lowest BCUT2D eigenvalue weighted by Crippen LogP contribution is -2.38. The normalized spacial score (nSPS) is 19.2. The minimum absolute atomic E-state index is 0.0404. The molecule has 3 aromatic rings. The molecule has 0 saturated carbocycles. The van der Waals surface area contributed by atoms with Gasteiger partial charge in [-0.3, -0.25) is 4.79 Å². The molecule has 0 radical (unpaired) electrons. The number of carbonyl (C=O) groups excluding carboxylic acids is 1. The average Bonchev–Trinajstić information content (AvgIpc) is 3.34. The van der Waals surface area contributed by atoms with Crippen LogP contribution in [0.3, 0.4) is 0 Å². The van der Waals surface area contributed by atoms with Crippen molar-refractivity contribution in [3.63, 3.8) is 0 Å². The number of piperidine rings is 1. The van der Waals surface area contributed by atoms with Crippen LogP contribution < -0.4 is 10.2 Å². The van der Waals surface area contributed by atoms with Crippen molar-refractivity contribution in [3.8, 4) is 0 Å². The summed E-state index contributed by atoms with van der Waals surface area (Å²) in [7, 11) is 0. The molecule has 1 amide bonds. The third-order valence-electron chi connectivity index (χ3n) is 5.95. The number of aromatic nitrogens is 5. The Morgan fingerprint density at radius 1 is 1.22 bits per heavy atom. The third kappa shape index (κ3) is 4.13. The van der Waals surface area contributed by atoms with E-state index in [2.05, 4.69) is 31.9 Å². The second kappa shape index (κ2) is 8.91. The van der Waals surface area contributed by atoms with Crippen LogP contribution in [-0.4, -0.2) is 74.8 Å². The lowest BCUT2D eigenvalue weighted by Gasteiger charge is -2.31. The first-order valence-electron chi connectivity index (χ1n) is 10.9. The molecule has 0 bridgehead atoms. The van der Waals surface area contributed by atoms with E-state index in [1.165, 1.54) is 12.4 Å². The summed E-state index contributed by atoms with van der Waals surface area (Å²) in [6.07, 6.45) is 8.48. The van der Waals surface area contributed by atoms with Gasteiger partial charge < -0.3 is 19.9 Å². The largest absolute Gasteiger partial charge is 0.378 e. The Morgan fingerprint density at radius 3 is 2.88 bits per heavy atom. The Hall–Kier alpha value is -3.53. The zero-order valence-electron chi connectivity index (χ0n) is 17.9. The van der Waals surface area contributed by atoms with Crippen molar-refractivity contribution < 1.29 is 9.53 Å². The summed E-state index contributed by atoms with van der Waals surface area (Å²) in [6, 6.07) is 3.99. The maximum Gasteiger partial charge on any atom is 0.245 e. The summed E-state index contributed by atoms with van der Waals surface area (Å²) in [5.41, 5.74) is 2.34. The quantitative estimate of drug-likeness (QED) is 0.609. The number of nitrogens with zero attached hydrogens (tertiary/aromatic N) is 7. The van der Waals surface area contributed by atoms with E-state index in [0.29, 0.717) is 18.0 Å². The van der Waals surface area contributed by atoms with Gasteiger partial charge in [0.25, 0.3) is 0 Å². The van der Waals surface area contributed by atoms with E-state index < -0.39 is 0 Å². The van der Waals surface area contributed by atoms with Crippen LogP contribution in [0.5, 0.6) is 0 Å². The van der Waals surface area contributed by atoms with E-state index >= 15 is 0 Å². The fourth-order valence-electron chi connectivity index (χ4n) is 4.25. The molecule has 1 unspecified atom stereocenters. The molecule has 2 aliphatic heterocycles. The number of hydrogen-bond donors (Lipinski definition) is 1. The van der Waals surface area contributed by atoms with E-state index in [9.17, 15) is 4.79 Å². The molecular formula is C22H26N8O2. The Kier molecular flexibility index (Phi) is 5.68. The molecule has 3 aromatic heterocycles. The van der Waals surface area contributed by atoms with Gasteiger partial charge in [0.05, 0.1) is 37.0 Å². The summed E-state index contributed by atoms with van der Waals surface area (Å²) in [5.74, 6) is 1.64. The SMILES string of the molecule is C=CC(=O)N1CCCC(c2cn3ncnc3c(Nc3ccc(N4CCOCC4)nc3)n2)C1. The first kappa shape index (κ1) is 20.4. The maximum absolute atomic E-state index is 12.1. The van der Waals surface area contributed by atoms with Gasteiger partial charge in [0, 0.05) is 32.1 Å². The number of ether oxygens (including phenoxy) is 1. The predicted octanol–water partition coefficient (Wildman–Crippen LogP) is 1.99. The van der Waals surface area contributed by atoms with Crippen molar-refractivity contribution in [1.29, 1.82) is 0 Å². The van der Waals surface area contributed by atoms with Gasteiger partial charge in [0.2, 0.25) is 5.91 Å². The minimum Gasteiger partial charge on any atom is -0.378 e. The molecule has 2 aliphatic rings. The van der Waals surface area contributed by atoms with Gasteiger partial charge in [-0.25, -0.2) is 19.5 Å². The molecule has 10 heteroatoms. The van der Waals surface area contributed by atoms with Gasteiger partial charge >= 0.3 is 0 Å². The number of rotatable bonds is 5. The van der Waals surface area contributed by atoms with E-state index in [1.807, 2.05) is 23.2 Å². The van der Waals surface area contributed by atoms with Crippen LogP contribution in [0.2, 0.25) is 0 Å². The number of hydrogen-bond acceptors (Lipinski definition) is 8. The average molecular weight is 435 g/mol. The van der Waals surface area contributed by atoms with Gasteiger partial charge in [0.15, 0.2) is 11.5 Å². The highest BCUT2D eigenvalue weighted by molar-refractivity contribution is 5.87. The zero-order valence-corrected chi connectivity index (χ0v) is 17.9. The number of amides is 1. The van der Waals surface area contributed by atoms with Crippen molar-refractivity contribution >= 4 is 28.9 Å². The first-order chi connectivity index (χ1) is 15.7. The number of likely N-dealkylation sites (tertiary alicyclic amines) is 1. The molecular weight excluding hydrogens is 408 g/mol. The van der Waals surface area contributed by atoms with Crippen molar-refractivity contribution in [2.75, 3.05) is 49.6 Å². The van der Waals surface area contributed by atoms with Crippen molar-refractivity contribution in [3.05, 3.63) is 49.2 Å². The monoisotopic (exact) mass is 434 g/mol.